The predicted octanol–water partition coefficient (Wildman–Crippen LogP) is 6.10. The normalized spacial score (nSPS) is 11.7. The maximum Gasteiger partial charge on any atom is 0.416 e. The van der Waals surface area contributed by atoms with Gasteiger partial charge in [-0.25, -0.2) is 12.8 Å². The molecule has 4 aromatic carbocycles. The third-order valence-electron chi connectivity index (χ3n) is 6.06. The number of para-hydroxylation sites is 1. The monoisotopic (exact) mass is 556 g/mol. The van der Waals surface area contributed by atoms with Crippen molar-refractivity contribution in [1.29, 1.82) is 0 Å². The number of likely N-dealkylation sites (N-methyl/N-ethyl adjacent to an activating group) is 1. The minimum absolute atomic E-state index is 0.00855. The summed E-state index contributed by atoms with van der Waals surface area (Å²) in [4.78, 5) is 14.1. The molecular formula is C29H24F4N2O3S. The number of halogens is 4. The minimum Gasteiger partial charge on any atom is -0.364 e. The number of anilines is 1. The van der Waals surface area contributed by atoms with Crippen molar-refractivity contribution in [2.24, 2.45) is 0 Å². The van der Waals surface area contributed by atoms with E-state index in [2.05, 4.69) is 5.32 Å². The number of nitrogens with one attached hydrogen (secondary N) is 1. The van der Waals surface area contributed by atoms with Crippen LogP contribution in [0.15, 0.2) is 107 Å². The molecule has 0 saturated heterocycles. The fourth-order valence-corrected chi connectivity index (χ4v) is 5.47. The zero-order chi connectivity index (χ0) is 28.2. The van der Waals surface area contributed by atoms with Crippen LogP contribution in [0.25, 0.3) is 11.1 Å². The zero-order valence-electron chi connectivity index (χ0n) is 20.7. The molecule has 5 nitrogen and oxygen atoms in total. The van der Waals surface area contributed by atoms with E-state index in [4.69, 9.17) is 0 Å². The summed E-state index contributed by atoms with van der Waals surface area (Å²) in [7, 11) is -2.36. The first-order valence-corrected chi connectivity index (χ1v) is 13.3. The molecule has 0 bridgehead atoms. The van der Waals surface area contributed by atoms with Crippen LogP contribution >= 0.6 is 0 Å². The Kier molecular flexibility index (Phi) is 8.06. The Labute approximate surface area is 223 Å². The quantitative estimate of drug-likeness (QED) is 0.211. The molecule has 4 rings (SSSR count). The highest BCUT2D eigenvalue weighted by Gasteiger charge is 2.30. The molecule has 1 N–H and O–H groups in total. The number of sulfone groups is 1. The third kappa shape index (κ3) is 6.64. The standard InChI is InChI=1S/C29H24F4N2O3S/c1-35(26-4-2-3-5-27(26)39(37,38)25-16-14-24(30)15-17-25)19-28(36)34-18-20-6-8-21(9-7-20)22-10-12-23(13-11-22)29(31,32)33/h2-17H,18-19H2,1H3,(H,34,36). The first kappa shape index (κ1) is 27.8. The molecule has 1 amide bonds. The molecule has 0 aliphatic rings. The Balaban J connectivity index is 1.39. The zero-order valence-corrected chi connectivity index (χ0v) is 21.6. The Morgan fingerprint density at radius 3 is 1.97 bits per heavy atom. The van der Waals surface area contributed by atoms with Gasteiger partial charge in [0.1, 0.15) is 5.82 Å². The number of hydrogen-bond acceptors (Lipinski definition) is 4. The van der Waals surface area contributed by atoms with Gasteiger partial charge >= 0.3 is 6.18 Å². The number of benzene rings is 4. The van der Waals surface area contributed by atoms with E-state index in [1.165, 1.54) is 35.2 Å². The number of amides is 1. The molecule has 0 unspecified atom stereocenters. The molecular weight excluding hydrogens is 532 g/mol. The Bertz CT molecular complexity index is 1550. The molecule has 0 atom stereocenters. The van der Waals surface area contributed by atoms with Crippen molar-refractivity contribution in [3.63, 3.8) is 0 Å². The van der Waals surface area contributed by atoms with Crippen molar-refractivity contribution in [2.45, 2.75) is 22.5 Å². The average molecular weight is 557 g/mol. The maximum absolute atomic E-state index is 13.3. The number of carbonyl (C=O) groups is 1. The van der Waals surface area contributed by atoms with Crippen molar-refractivity contribution in [1.82, 2.24) is 5.32 Å². The lowest BCUT2D eigenvalue weighted by molar-refractivity contribution is -0.137. The van der Waals surface area contributed by atoms with Crippen LogP contribution in [0.5, 0.6) is 0 Å². The van der Waals surface area contributed by atoms with Crippen LogP contribution in [0.1, 0.15) is 11.1 Å². The van der Waals surface area contributed by atoms with Crippen LogP contribution in [-0.2, 0) is 27.4 Å². The smallest absolute Gasteiger partial charge is 0.364 e. The average Bonchev–Trinajstić information content (AvgIpc) is 2.92. The summed E-state index contributed by atoms with van der Waals surface area (Å²) < 4.78 is 77.9. The summed E-state index contributed by atoms with van der Waals surface area (Å²) in [5.74, 6) is -0.899. The van der Waals surface area contributed by atoms with Gasteiger partial charge in [0.2, 0.25) is 15.7 Å². The number of hydrogen-bond donors (Lipinski definition) is 1. The molecule has 0 aromatic heterocycles. The summed E-state index contributed by atoms with van der Waals surface area (Å²) in [6.45, 7) is 0.0785. The maximum atomic E-state index is 13.3. The van der Waals surface area contributed by atoms with E-state index in [-0.39, 0.29) is 28.8 Å². The molecule has 10 heteroatoms. The van der Waals surface area contributed by atoms with E-state index in [0.29, 0.717) is 11.3 Å². The summed E-state index contributed by atoms with van der Waals surface area (Å²) in [5.41, 5.74) is 1.75. The number of nitrogens with zero attached hydrogens (tertiary/aromatic N) is 1. The SMILES string of the molecule is CN(CC(=O)NCc1ccc(-c2ccc(C(F)(F)F)cc2)cc1)c1ccccc1S(=O)(=O)c1ccc(F)cc1. The molecule has 0 saturated carbocycles. The molecule has 202 valence electrons. The highest BCUT2D eigenvalue weighted by atomic mass is 32.2. The van der Waals surface area contributed by atoms with Crippen molar-refractivity contribution in [3.8, 4) is 11.1 Å². The number of alkyl halides is 3. The van der Waals surface area contributed by atoms with Crippen LogP contribution in [-0.4, -0.2) is 27.9 Å². The molecule has 0 spiro atoms. The summed E-state index contributed by atoms with van der Waals surface area (Å²) in [6.07, 6.45) is -4.40. The second-order valence-electron chi connectivity index (χ2n) is 8.83. The van der Waals surface area contributed by atoms with Crippen molar-refractivity contribution < 1.29 is 30.8 Å². The minimum atomic E-state index is -4.40. The highest BCUT2D eigenvalue weighted by molar-refractivity contribution is 7.91. The van der Waals surface area contributed by atoms with E-state index < -0.39 is 27.4 Å². The lowest BCUT2D eigenvalue weighted by Gasteiger charge is -2.22. The van der Waals surface area contributed by atoms with E-state index in [9.17, 15) is 30.8 Å². The first-order valence-electron chi connectivity index (χ1n) is 11.8. The Morgan fingerprint density at radius 2 is 1.38 bits per heavy atom. The fourth-order valence-electron chi connectivity index (χ4n) is 3.96. The van der Waals surface area contributed by atoms with Gasteiger partial charge in [0.25, 0.3) is 0 Å². The van der Waals surface area contributed by atoms with Gasteiger partial charge in [0, 0.05) is 13.6 Å². The number of carbonyl (C=O) groups excluding carboxylic acids is 1. The lowest BCUT2D eigenvalue weighted by atomic mass is 10.0. The van der Waals surface area contributed by atoms with E-state index in [1.54, 1.807) is 49.5 Å². The van der Waals surface area contributed by atoms with Gasteiger partial charge in [0.15, 0.2) is 0 Å². The molecule has 4 aromatic rings. The van der Waals surface area contributed by atoms with Crippen LogP contribution in [0, 0.1) is 5.82 Å². The molecule has 0 aliphatic carbocycles. The second kappa shape index (κ2) is 11.3. The molecule has 0 fully saturated rings. The van der Waals surface area contributed by atoms with Gasteiger partial charge in [-0.3, -0.25) is 4.79 Å². The van der Waals surface area contributed by atoms with Gasteiger partial charge in [-0.2, -0.15) is 13.2 Å². The fraction of sp³-hybridized carbons (Fsp3) is 0.138. The van der Waals surface area contributed by atoms with Crippen LogP contribution in [0.3, 0.4) is 0 Å². The third-order valence-corrected chi connectivity index (χ3v) is 7.88. The van der Waals surface area contributed by atoms with E-state index in [0.717, 1.165) is 35.4 Å². The molecule has 0 aliphatic heterocycles. The van der Waals surface area contributed by atoms with Gasteiger partial charge < -0.3 is 10.2 Å². The van der Waals surface area contributed by atoms with Crippen LogP contribution in [0.4, 0.5) is 23.2 Å². The summed E-state index contributed by atoms with van der Waals surface area (Å²) in [5, 5.41) is 2.78. The lowest BCUT2D eigenvalue weighted by Crippen LogP contribution is -2.35. The summed E-state index contributed by atoms with van der Waals surface area (Å²) in [6, 6.07) is 22.7. The number of rotatable bonds is 8. The van der Waals surface area contributed by atoms with Crippen LogP contribution < -0.4 is 10.2 Å². The van der Waals surface area contributed by atoms with Crippen molar-refractivity contribution in [3.05, 3.63) is 114 Å². The van der Waals surface area contributed by atoms with E-state index >= 15 is 0 Å². The predicted molar refractivity (Wildman–Crippen MR) is 140 cm³/mol. The first-order chi connectivity index (χ1) is 18.4. The van der Waals surface area contributed by atoms with E-state index in [1.807, 2.05) is 0 Å². The summed E-state index contributed by atoms with van der Waals surface area (Å²) >= 11 is 0. The van der Waals surface area contributed by atoms with Crippen molar-refractivity contribution >= 4 is 21.4 Å². The molecule has 0 heterocycles. The largest absolute Gasteiger partial charge is 0.416 e. The topological polar surface area (TPSA) is 66.5 Å². The van der Waals surface area contributed by atoms with Crippen LogP contribution in [0.2, 0.25) is 0 Å². The Morgan fingerprint density at radius 1 is 0.821 bits per heavy atom. The van der Waals surface area contributed by atoms with Gasteiger partial charge in [-0.15, -0.1) is 0 Å². The van der Waals surface area contributed by atoms with Gasteiger partial charge in [0.05, 0.1) is 27.6 Å². The van der Waals surface area contributed by atoms with Gasteiger partial charge in [-0.05, 0) is 65.2 Å². The highest BCUT2D eigenvalue weighted by Crippen LogP contribution is 2.31. The molecule has 39 heavy (non-hydrogen) atoms. The molecule has 0 radical (unpaired) electrons. The Hall–Kier alpha value is -4.18. The van der Waals surface area contributed by atoms with Crippen molar-refractivity contribution in [2.75, 3.05) is 18.5 Å². The van der Waals surface area contributed by atoms with Gasteiger partial charge in [-0.1, -0.05) is 48.5 Å². The second-order valence-corrected chi connectivity index (χ2v) is 10.7.